The van der Waals surface area contributed by atoms with Gasteiger partial charge >= 0.3 is 11.9 Å². The van der Waals surface area contributed by atoms with Crippen LogP contribution < -0.4 is 11.1 Å². The second kappa shape index (κ2) is 13.1. The van der Waals surface area contributed by atoms with Crippen molar-refractivity contribution in [3.8, 4) is 6.07 Å². The Balaban J connectivity index is 1.67. The van der Waals surface area contributed by atoms with Crippen molar-refractivity contribution >= 4 is 29.2 Å². The lowest BCUT2D eigenvalue weighted by Gasteiger charge is -2.26. The Morgan fingerprint density at radius 1 is 1.23 bits per heavy atom. The molecule has 1 aliphatic heterocycles. The van der Waals surface area contributed by atoms with Crippen LogP contribution in [-0.4, -0.2) is 81.2 Å². The molecule has 14 nitrogen and oxygen atoms in total. The first-order valence-electron chi connectivity index (χ1n) is 14.0. The summed E-state index contributed by atoms with van der Waals surface area (Å²) in [5.41, 5.74) is 3.73. The van der Waals surface area contributed by atoms with E-state index in [9.17, 15) is 24.8 Å². The van der Waals surface area contributed by atoms with Crippen molar-refractivity contribution < 1.29 is 38.4 Å². The number of nitrogens with zero attached hydrogens (tertiary/aromatic N) is 4. The lowest BCUT2D eigenvalue weighted by Crippen LogP contribution is -2.46. The van der Waals surface area contributed by atoms with Gasteiger partial charge in [-0.15, -0.1) is 0 Å². The van der Waals surface area contributed by atoms with E-state index in [2.05, 4.69) is 15.4 Å². The number of esters is 2. The number of carbonyl (C=O) groups is 3. The van der Waals surface area contributed by atoms with Gasteiger partial charge in [0.15, 0.2) is 11.9 Å². The average Bonchev–Trinajstić information content (AvgIpc) is 3.56. The third-order valence-electron chi connectivity index (χ3n) is 7.56. The summed E-state index contributed by atoms with van der Waals surface area (Å²) in [6.07, 6.45) is -3.32. The molecule has 44 heavy (non-hydrogen) atoms. The molecule has 0 spiro atoms. The molecule has 3 aromatic rings. The van der Waals surface area contributed by atoms with E-state index in [-0.39, 0.29) is 29.4 Å². The van der Waals surface area contributed by atoms with E-state index in [4.69, 9.17) is 24.7 Å². The van der Waals surface area contributed by atoms with E-state index >= 15 is 0 Å². The van der Waals surface area contributed by atoms with E-state index in [1.807, 2.05) is 12.1 Å². The van der Waals surface area contributed by atoms with E-state index in [1.165, 1.54) is 23.8 Å². The topological polar surface area (TPSA) is 200 Å². The molecule has 234 valence electrons. The van der Waals surface area contributed by atoms with E-state index in [0.29, 0.717) is 0 Å². The zero-order valence-corrected chi connectivity index (χ0v) is 25.1. The zero-order valence-electron chi connectivity index (χ0n) is 25.1. The number of anilines is 1. The highest BCUT2D eigenvalue weighted by Crippen LogP contribution is 2.42. The van der Waals surface area contributed by atoms with Crippen LogP contribution in [0.1, 0.15) is 39.0 Å². The highest BCUT2D eigenvalue weighted by Gasteiger charge is 2.60. The van der Waals surface area contributed by atoms with Crippen LogP contribution in [0.2, 0.25) is 0 Å². The molecule has 3 heterocycles. The van der Waals surface area contributed by atoms with Crippen molar-refractivity contribution in [2.75, 3.05) is 19.0 Å². The Morgan fingerprint density at radius 3 is 2.57 bits per heavy atom. The largest absolute Gasteiger partial charge is 0.463 e. The van der Waals surface area contributed by atoms with Crippen LogP contribution in [0.3, 0.4) is 0 Å². The van der Waals surface area contributed by atoms with Gasteiger partial charge in [-0.3, -0.25) is 14.4 Å². The number of carbonyl (C=O) groups excluding carboxylic acids is 3. The smallest absolute Gasteiger partial charge is 0.323 e. The maximum absolute atomic E-state index is 12.9. The van der Waals surface area contributed by atoms with Gasteiger partial charge < -0.3 is 35.1 Å². The first-order valence-corrected chi connectivity index (χ1v) is 14.0. The minimum absolute atomic E-state index is 0.0309. The summed E-state index contributed by atoms with van der Waals surface area (Å²) in [7, 11) is 1.40. The fourth-order valence-corrected chi connectivity index (χ4v) is 4.58. The normalized spacial score (nSPS) is 22.4. The van der Waals surface area contributed by atoms with Gasteiger partial charge in [0.1, 0.15) is 48.4 Å². The number of ether oxygens (including phenoxy) is 4. The van der Waals surface area contributed by atoms with Crippen LogP contribution in [0.4, 0.5) is 5.82 Å². The molecule has 0 unspecified atom stereocenters. The second-order valence-electron chi connectivity index (χ2n) is 11.3. The minimum atomic E-state index is -2.14. The molecular weight excluding hydrogens is 572 g/mol. The van der Waals surface area contributed by atoms with Crippen LogP contribution in [0.5, 0.6) is 0 Å². The fourth-order valence-electron chi connectivity index (χ4n) is 4.58. The number of aromatic nitrogens is 3. The number of fused-ring (bicyclic) bond motifs is 1. The summed E-state index contributed by atoms with van der Waals surface area (Å²) < 4.78 is 23.7. The second-order valence-corrected chi connectivity index (χ2v) is 11.3. The van der Waals surface area contributed by atoms with Gasteiger partial charge in [0.05, 0.1) is 12.1 Å². The summed E-state index contributed by atoms with van der Waals surface area (Å²) in [4.78, 5) is 42.4. The summed E-state index contributed by atoms with van der Waals surface area (Å²) in [5, 5.41) is 28.9. The minimum Gasteiger partial charge on any atom is -0.463 e. The summed E-state index contributed by atoms with van der Waals surface area (Å²) >= 11 is 0. The number of aliphatic hydroxyl groups is 1. The van der Waals surface area contributed by atoms with Crippen LogP contribution in [0.15, 0.2) is 48.8 Å². The third kappa shape index (κ3) is 6.41. The first kappa shape index (κ1) is 32.5. The number of nitrogens with one attached hydrogen (secondary N) is 1. The molecular formula is C30H36N6O8. The molecule has 14 heteroatoms. The highest BCUT2D eigenvalue weighted by atomic mass is 16.6. The number of rotatable bonds is 11. The number of hydrogen-bond acceptors (Lipinski definition) is 12. The van der Waals surface area contributed by atoms with Gasteiger partial charge in [0, 0.05) is 7.11 Å². The predicted octanol–water partition coefficient (Wildman–Crippen LogP) is 1.25. The predicted molar refractivity (Wildman–Crippen MR) is 155 cm³/mol. The monoisotopic (exact) mass is 608 g/mol. The van der Waals surface area contributed by atoms with Crippen LogP contribution in [0.25, 0.3) is 5.52 Å². The molecule has 1 amide bonds. The number of methoxy groups -OCH3 is 1. The molecule has 2 aromatic heterocycles. The summed E-state index contributed by atoms with van der Waals surface area (Å²) in [6.45, 7) is 6.18. The van der Waals surface area contributed by atoms with E-state index in [0.717, 1.165) is 11.9 Å². The third-order valence-corrected chi connectivity index (χ3v) is 7.56. The molecule has 4 rings (SSSR count). The van der Waals surface area contributed by atoms with E-state index in [1.54, 1.807) is 52.0 Å². The number of benzene rings is 1. The van der Waals surface area contributed by atoms with Crippen LogP contribution in [-0.2, 0) is 45.4 Å². The maximum Gasteiger partial charge on any atom is 0.323 e. The highest BCUT2D eigenvalue weighted by molar-refractivity contribution is 5.98. The van der Waals surface area contributed by atoms with Crippen molar-refractivity contribution in [3.05, 3.63) is 60.0 Å². The molecule has 1 aliphatic rings. The quantitative estimate of drug-likeness (QED) is 0.264. The van der Waals surface area contributed by atoms with Gasteiger partial charge in [0.2, 0.25) is 5.60 Å². The molecule has 4 N–H and O–H groups in total. The zero-order chi connectivity index (χ0) is 32.2. The van der Waals surface area contributed by atoms with E-state index < -0.39 is 60.0 Å². The summed E-state index contributed by atoms with van der Waals surface area (Å²) in [5.74, 6) is -2.07. The molecule has 0 aliphatic carbocycles. The lowest BCUT2D eigenvalue weighted by atomic mass is 9.92. The van der Waals surface area contributed by atoms with Gasteiger partial charge in [-0.25, -0.2) is 9.50 Å². The standard InChI is InChI=1S/C30H36N6O8/c1-17(2)23(32)27(39)43-24-20(14-42-22(37)13-18-9-7-6-8-10-18)44-30(15-31,25(24)38)21-12-11-19-26(33-16-34-36(19)21)35-28(40)29(3,4)41-5/h6-12,16-17,20,23-25,38H,13-14,32H2,1-5H3,(H,33,34,35,40)/t20-,23+,24-,25-,30+/m1/s1. The maximum atomic E-state index is 12.9. The van der Waals surface area contributed by atoms with Crippen molar-refractivity contribution in [2.45, 2.75) is 69.7 Å². The Hall–Kier alpha value is -4.42. The Morgan fingerprint density at radius 2 is 1.93 bits per heavy atom. The molecule has 1 aromatic carbocycles. The van der Waals surface area contributed by atoms with Gasteiger partial charge in [0.25, 0.3) is 5.91 Å². The number of nitrogens with two attached hydrogens (primary N) is 1. The molecule has 0 radical (unpaired) electrons. The van der Waals surface area contributed by atoms with Crippen molar-refractivity contribution in [1.29, 1.82) is 5.26 Å². The van der Waals surface area contributed by atoms with Crippen LogP contribution >= 0.6 is 0 Å². The Labute approximate surface area is 254 Å². The number of hydrogen-bond donors (Lipinski definition) is 3. The number of nitriles is 1. The number of aliphatic hydroxyl groups excluding tert-OH is 1. The molecule has 5 atom stereocenters. The molecule has 0 saturated carbocycles. The fraction of sp³-hybridized carbons (Fsp3) is 0.467. The summed E-state index contributed by atoms with van der Waals surface area (Å²) in [6, 6.07) is 12.9. The van der Waals surface area contributed by atoms with Crippen molar-refractivity contribution in [3.63, 3.8) is 0 Å². The number of amides is 1. The van der Waals surface area contributed by atoms with Crippen molar-refractivity contribution in [2.24, 2.45) is 11.7 Å². The Bertz CT molecular complexity index is 1550. The molecule has 1 saturated heterocycles. The Kier molecular flexibility index (Phi) is 9.65. The first-order chi connectivity index (χ1) is 20.8. The van der Waals surface area contributed by atoms with Gasteiger partial charge in [-0.05, 0) is 37.5 Å². The average molecular weight is 609 g/mol. The van der Waals surface area contributed by atoms with Crippen molar-refractivity contribution in [1.82, 2.24) is 14.6 Å². The molecule has 1 fully saturated rings. The SMILES string of the molecule is COC(C)(C)C(=O)Nc1ncnn2c([C@]3(C#N)O[C@H](COC(=O)Cc4ccccc4)[C@@H](OC(=O)[C@@H](N)C(C)C)[C@H]3O)ccc12. The van der Waals surface area contributed by atoms with Gasteiger partial charge in [-0.1, -0.05) is 44.2 Å². The lowest BCUT2D eigenvalue weighted by molar-refractivity contribution is -0.162. The van der Waals surface area contributed by atoms with Gasteiger partial charge in [-0.2, -0.15) is 10.4 Å². The molecule has 0 bridgehead atoms. The van der Waals surface area contributed by atoms with Crippen LogP contribution in [0, 0.1) is 17.2 Å².